The van der Waals surface area contributed by atoms with E-state index in [0.717, 1.165) is 16.8 Å². The molecule has 0 saturated carbocycles. The second kappa shape index (κ2) is 6.08. The number of benzene rings is 2. The third kappa shape index (κ3) is 2.88. The summed E-state index contributed by atoms with van der Waals surface area (Å²) in [6.07, 6.45) is 1.80. The first-order chi connectivity index (χ1) is 11.1. The second-order valence-electron chi connectivity index (χ2n) is 5.69. The molecule has 0 aliphatic carbocycles. The fraction of sp³-hybridized carbons (Fsp3) is 0.158. The van der Waals surface area contributed by atoms with Crippen molar-refractivity contribution in [1.82, 2.24) is 14.7 Å². The van der Waals surface area contributed by atoms with Crippen LogP contribution in [0, 0.1) is 6.92 Å². The van der Waals surface area contributed by atoms with Gasteiger partial charge in [0.15, 0.2) is 0 Å². The topological polar surface area (TPSA) is 38.1 Å². The van der Waals surface area contributed by atoms with Crippen LogP contribution in [0.5, 0.6) is 0 Å². The number of hydrogen-bond donors (Lipinski definition) is 0. The van der Waals surface area contributed by atoms with Gasteiger partial charge in [0.25, 0.3) is 5.91 Å². The highest BCUT2D eigenvalue weighted by atomic mass is 16.2. The average Bonchev–Trinajstić information content (AvgIpc) is 3.00. The van der Waals surface area contributed by atoms with E-state index in [4.69, 9.17) is 0 Å². The van der Waals surface area contributed by atoms with Gasteiger partial charge in [-0.25, -0.2) is 4.68 Å². The minimum absolute atomic E-state index is 0.0505. The molecule has 23 heavy (non-hydrogen) atoms. The van der Waals surface area contributed by atoms with Crippen LogP contribution in [0.3, 0.4) is 0 Å². The summed E-state index contributed by atoms with van der Waals surface area (Å²) in [6.45, 7) is 2.03. The Morgan fingerprint density at radius 2 is 1.65 bits per heavy atom. The van der Waals surface area contributed by atoms with Crippen LogP contribution in [0.1, 0.15) is 15.9 Å². The summed E-state index contributed by atoms with van der Waals surface area (Å²) in [4.78, 5) is 14.1. The van der Waals surface area contributed by atoms with Gasteiger partial charge in [0.05, 0.1) is 11.3 Å². The highest BCUT2D eigenvalue weighted by molar-refractivity contribution is 6.00. The highest BCUT2D eigenvalue weighted by Crippen LogP contribution is 2.27. The molecule has 4 heteroatoms. The van der Waals surface area contributed by atoms with Crippen LogP contribution in [0.25, 0.3) is 16.9 Å². The molecule has 0 bridgehead atoms. The summed E-state index contributed by atoms with van der Waals surface area (Å²) in [7, 11) is 3.51. The molecule has 0 spiro atoms. The molecule has 0 aliphatic heterocycles. The Kier molecular flexibility index (Phi) is 3.98. The first-order valence-electron chi connectivity index (χ1n) is 7.50. The van der Waals surface area contributed by atoms with Crippen molar-refractivity contribution in [3.63, 3.8) is 0 Å². The molecule has 0 N–H and O–H groups in total. The predicted molar refractivity (Wildman–Crippen MR) is 91.8 cm³/mol. The van der Waals surface area contributed by atoms with E-state index in [1.165, 1.54) is 0 Å². The Morgan fingerprint density at radius 1 is 1.00 bits per heavy atom. The second-order valence-corrected chi connectivity index (χ2v) is 5.69. The van der Waals surface area contributed by atoms with Gasteiger partial charge in [0.1, 0.15) is 5.69 Å². The standard InChI is InChI=1S/C19H19N3O/c1-14-9-7-8-12-16(14)18-17(19(23)21(2)3)13-22(20-18)15-10-5-4-6-11-15/h4-13H,1-3H3. The van der Waals surface area contributed by atoms with Crippen molar-refractivity contribution in [1.29, 1.82) is 0 Å². The number of carbonyl (C=O) groups excluding carboxylic acids is 1. The van der Waals surface area contributed by atoms with E-state index in [-0.39, 0.29) is 5.91 Å². The Labute approximate surface area is 136 Å². The molecule has 3 aromatic rings. The van der Waals surface area contributed by atoms with Crippen LogP contribution >= 0.6 is 0 Å². The van der Waals surface area contributed by atoms with Crippen molar-refractivity contribution in [3.05, 3.63) is 71.9 Å². The van der Waals surface area contributed by atoms with Crippen LogP contribution in [0.15, 0.2) is 60.8 Å². The monoisotopic (exact) mass is 305 g/mol. The molecular weight excluding hydrogens is 286 g/mol. The Hall–Kier alpha value is -2.88. The number of rotatable bonds is 3. The third-order valence-corrected chi connectivity index (χ3v) is 3.77. The van der Waals surface area contributed by atoms with Crippen LogP contribution < -0.4 is 0 Å². The molecule has 1 amide bonds. The maximum Gasteiger partial charge on any atom is 0.257 e. The zero-order valence-corrected chi connectivity index (χ0v) is 13.5. The molecule has 0 aliphatic rings. The maximum absolute atomic E-state index is 12.6. The van der Waals surface area contributed by atoms with Gasteiger partial charge in [0, 0.05) is 25.9 Å². The zero-order valence-electron chi connectivity index (χ0n) is 13.5. The van der Waals surface area contributed by atoms with Gasteiger partial charge in [0.2, 0.25) is 0 Å². The van der Waals surface area contributed by atoms with Crippen LogP contribution in [-0.4, -0.2) is 34.7 Å². The van der Waals surface area contributed by atoms with E-state index in [1.54, 1.807) is 29.9 Å². The van der Waals surface area contributed by atoms with Gasteiger partial charge < -0.3 is 4.90 Å². The number of carbonyl (C=O) groups is 1. The molecule has 4 nitrogen and oxygen atoms in total. The van der Waals surface area contributed by atoms with Crippen molar-refractivity contribution in [2.24, 2.45) is 0 Å². The van der Waals surface area contributed by atoms with Crippen LogP contribution in [-0.2, 0) is 0 Å². The van der Waals surface area contributed by atoms with Crippen LogP contribution in [0.2, 0.25) is 0 Å². The molecule has 0 unspecified atom stereocenters. The van der Waals surface area contributed by atoms with Gasteiger partial charge >= 0.3 is 0 Å². The van der Waals surface area contributed by atoms with Crippen molar-refractivity contribution < 1.29 is 4.79 Å². The van der Waals surface area contributed by atoms with E-state index in [9.17, 15) is 4.79 Å². The lowest BCUT2D eigenvalue weighted by molar-refractivity contribution is 0.0828. The molecule has 1 heterocycles. The molecule has 0 radical (unpaired) electrons. The van der Waals surface area contributed by atoms with E-state index < -0.39 is 0 Å². The van der Waals surface area contributed by atoms with Gasteiger partial charge in [-0.15, -0.1) is 0 Å². The zero-order chi connectivity index (χ0) is 16.4. The quantitative estimate of drug-likeness (QED) is 0.742. The number of nitrogens with zero attached hydrogens (tertiary/aromatic N) is 3. The van der Waals surface area contributed by atoms with E-state index in [0.29, 0.717) is 11.3 Å². The Bertz CT molecular complexity index is 835. The van der Waals surface area contributed by atoms with Gasteiger partial charge in [-0.1, -0.05) is 42.5 Å². The Balaban J connectivity index is 2.19. The molecular formula is C19H19N3O. The minimum atomic E-state index is -0.0505. The van der Waals surface area contributed by atoms with Crippen molar-refractivity contribution in [3.8, 4) is 16.9 Å². The SMILES string of the molecule is Cc1ccccc1-c1nn(-c2ccccc2)cc1C(=O)N(C)C. The maximum atomic E-state index is 12.6. The van der Waals surface area contributed by atoms with Crippen molar-refractivity contribution in [2.45, 2.75) is 6.92 Å². The lowest BCUT2D eigenvalue weighted by Crippen LogP contribution is -2.21. The van der Waals surface area contributed by atoms with Crippen molar-refractivity contribution >= 4 is 5.91 Å². The molecule has 0 atom stereocenters. The van der Waals surface area contributed by atoms with Crippen LogP contribution in [0.4, 0.5) is 0 Å². The molecule has 0 fully saturated rings. The summed E-state index contributed by atoms with van der Waals surface area (Å²) in [5.41, 5.74) is 4.32. The first kappa shape index (κ1) is 15.0. The number of hydrogen-bond acceptors (Lipinski definition) is 2. The first-order valence-corrected chi connectivity index (χ1v) is 7.50. The van der Waals surface area contributed by atoms with E-state index in [2.05, 4.69) is 5.10 Å². The average molecular weight is 305 g/mol. The van der Waals surface area contributed by atoms with Gasteiger partial charge in [-0.3, -0.25) is 4.79 Å². The fourth-order valence-electron chi connectivity index (χ4n) is 2.52. The van der Waals surface area contributed by atoms with E-state index >= 15 is 0 Å². The number of aryl methyl sites for hydroxylation is 1. The summed E-state index contributed by atoms with van der Waals surface area (Å²) in [5.74, 6) is -0.0505. The molecule has 0 saturated heterocycles. The molecule has 3 rings (SSSR count). The lowest BCUT2D eigenvalue weighted by Gasteiger charge is -2.10. The third-order valence-electron chi connectivity index (χ3n) is 3.77. The predicted octanol–water partition coefficient (Wildman–Crippen LogP) is 3.55. The number of para-hydroxylation sites is 1. The summed E-state index contributed by atoms with van der Waals surface area (Å²) < 4.78 is 1.76. The fourth-order valence-corrected chi connectivity index (χ4v) is 2.52. The largest absolute Gasteiger partial charge is 0.345 e. The van der Waals surface area contributed by atoms with Gasteiger partial charge in [-0.2, -0.15) is 5.10 Å². The smallest absolute Gasteiger partial charge is 0.257 e. The summed E-state index contributed by atoms with van der Waals surface area (Å²) in [5, 5.41) is 4.68. The molecule has 116 valence electrons. The minimum Gasteiger partial charge on any atom is -0.345 e. The van der Waals surface area contributed by atoms with Crippen molar-refractivity contribution in [2.75, 3.05) is 14.1 Å². The number of aromatic nitrogens is 2. The highest BCUT2D eigenvalue weighted by Gasteiger charge is 2.20. The summed E-state index contributed by atoms with van der Waals surface area (Å²) in [6, 6.07) is 17.8. The lowest BCUT2D eigenvalue weighted by atomic mass is 10.0. The molecule has 1 aromatic heterocycles. The normalized spacial score (nSPS) is 10.6. The number of amides is 1. The molecule has 2 aromatic carbocycles. The van der Waals surface area contributed by atoms with E-state index in [1.807, 2.05) is 61.5 Å². The Morgan fingerprint density at radius 3 is 2.30 bits per heavy atom. The van der Waals surface area contributed by atoms with Gasteiger partial charge in [-0.05, 0) is 24.6 Å². The summed E-state index contributed by atoms with van der Waals surface area (Å²) >= 11 is 0.